The van der Waals surface area contributed by atoms with E-state index in [9.17, 15) is 18.0 Å². The number of carbonyl (C=O) groups excluding carboxylic acids is 2. The monoisotopic (exact) mass is 515 g/mol. The van der Waals surface area contributed by atoms with Crippen molar-refractivity contribution in [3.8, 4) is 5.75 Å². The summed E-state index contributed by atoms with van der Waals surface area (Å²) >= 11 is 12.1. The molecule has 2 rings (SSSR count). The molecule has 0 aliphatic rings. The first-order chi connectivity index (χ1) is 15.5. The van der Waals surface area contributed by atoms with Gasteiger partial charge in [0.15, 0.2) is 0 Å². The van der Waals surface area contributed by atoms with Crippen molar-refractivity contribution in [1.29, 1.82) is 0 Å². The normalized spacial score (nSPS) is 12.1. The quantitative estimate of drug-likeness (QED) is 0.523. The number of sulfonamides is 1. The summed E-state index contributed by atoms with van der Waals surface area (Å²) in [5.74, 6) is -0.255. The number of hydrogen-bond acceptors (Lipinski definition) is 5. The molecule has 0 bridgehead atoms. The van der Waals surface area contributed by atoms with Crippen LogP contribution in [0.25, 0.3) is 0 Å². The molecule has 8 nitrogen and oxygen atoms in total. The number of benzene rings is 2. The van der Waals surface area contributed by atoms with Crippen molar-refractivity contribution in [2.75, 3.05) is 31.3 Å². The number of nitrogens with zero attached hydrogens (tertiary/aromatic N) is 2. The summed E-state index contributed by atoms with van der Waals surface area (Å²) in [5.41, 5.74) is 0.906. The molecule has 2 aromatic carbocycles. The van der Waals surface area contributed by atoms with Crippen molar-refractivity contribution in [3.63, 3.8) is 0 Å². The van der Waals surface area contributed by atoms with Gasteiger partial charge in [-0.2, -0.15) is 0 Å². The first kappa shape index (κ1) is 26.8. The van der Waals surface area contributed by atoms with Gasteiger partial charge in [-0.05, 0) is 42.3 Å². The van der Waals surface area contributed by atoms with Gasteiger partial charge in [-0.1, -0.05) is 42.3 Å². The summed E-state index contributed by atoms with van der Waals surface area (Å²) in [6.07, 6.45) is 1.32. The highest BCUT2D eigenvalue weighted by molar-refractivity contribution is 7.92. The van der Waals surface area contributed by atoms with Crippen LogP contribution in [0.15, 0.2) is 42.5 Å². The van der Waals surface area contributed by atoms with Gasteiger partial charge < -0.3 is 15.0 Å². The van der Waals surface area contributed by atoms with Crippen molar-refractivity contribution in [2.24, 2.45) is 0 Å². The molecular formula is C22H27Cl2N3O5S. The SMILES string of the molecule is CC[C@@H](C(=O)NC)N(Cc1ccc(OC)cc1)C(=O)CN(c1cc(Cl)cc(Cl)c1)S(C)(=O)=O. The minimum atomic E-state index is -3.87. The lowest BCUT2D eigenvalue weighted by molar-refractivity contribution is -0.140. The van der Waals surface area contributed by atoms with Gasteiger partial charge in [0.25, 0.3) is 0 Å². The van der Waals surface area contributed by atoms with Crippen LogP contribution in [0.5, 0.6) is 5.75 Å². The molecule has 2 aromatic rings. The Morgan fingerprint density at radius 2 is 1.67 bits per heavy atom. The summed E-state index contributed by atoms with van der Waals surface area (Å²) in [4.78, 5) is 27.3. The second-order valence-corrected chi connectivity index (χ2v) is 10.1. The number of methoxy groups -OCH3 is 1. The van der Waals surface area contributed by atoms with Gasteiger partial charge in [0.2, 0.25) is 21.8 Å². The molecule has 33 heavy (non-hydrogen) atoms. The topological polar surface area (TPSA) is 96.0 Å². The predicted octanol–water partition coefficient (Wildman–Crippen LogP) is 3.32. The molecule has 1 atom stereocenters. The minimum absolute atomic E-state index is 0.0999. The Hall–Kier alpha value is -2.49. The molecule has 0 unspecified atom stereocenters. The van der Waals surface area contributed by atoms with Gasteiger partial charge in [-0.15, -0.1) is 0 Å². The molecule has 180 valence electrons. The van der Waals surface area contributed by atoms with Crippen molar-refractivity contribution >= 4 is 50.7 Å². The van der Waals surface area contributed by atoms with E-state index in [0.29, 0.717) is 12.2 Å². The van der Waals surface area contributed by atoms with Gasteiger partial charge in [0.1, 0.15) is 18.3 Å². The Morgan fingerprint density at radius 1 is 1.09 bits per heavy atom. The fraction of sp³-hybridized carbons (Fsp3) is 0.364. The smallest absolute Gasteiger partial charge is 0.244 e. The van der Waals surface area contributed by atoms with E-state index in [1.54, 1.807) is 38.3 Å². The molecule has 0 aliphatic carbocycles. The van der Waals surface area contributed by atoms with E-state index in [1.165, 1.54) is 30.1 Å². The largest absolute Gasteiger partial charge is 0.497 e. The number of hydrogen-bond donors (Lipinski definition) is 1. The molecule has 2 amide bonds. The van der Waals surface area contributed by atoms with Crippen LogP contribution in [0.3, 0.4) is 0 Å². The van der Waals surface area contributed by atoms with E-state index in [4.69, 9.17) is 27.9 Å². The number of rotatable bonds is 10. The van der Waals surface area contributed by atoms with Crippen LogP contribution >= 0.6 is 23.2 Å². The molecule has 0 aliphatic heterocycles. The van der Waals surface area contributed by atoms with E-state index >= 15 is 0 Å². The molecule has 0 spiro atoms. The number of halogens is 2. The van der Waals surface area contributed by atoms with Crippen LogP contribution in [-0.2, 0) is 26.2 Å². The molecule has 0 fully saturated rings. The van der Waals surface area contributed by atoms with E-state index < -0.39 is 28.5 Å². The van der Waals surface area contributed by atoms with Crippen LogP contribution in [0.2, 0.25) is 10.0 Å². The lowest BCUT2D eigenvalue weighted by atomic mass is 10.1. The van der Waals surface area contributed by atoms with Crippen molar-refractivity contribution in [3.05, 3.63) is 58.1 Å². The molecule has 11 heteroatoms. The summed E-state index contributed by atoms with van der Waals surface area (Å²) in [7, 11) is -0.838. The first-order valence-electron chi connectivity index (χ1n) is 10.1. The Morgan fingerprint density at radius 3 is 2.12 bits per heavy atom. The molecule has 0 saturated carbocycles. The van der Waals surface area contributed by atoms with Crippen LogP contribution in [0.4, 0.5) is 5.69 Å². The Labute approximate surface area is 204 Å². The summed E-state index contributed by atoms with van der Waals surface area (Å²) in [6, 6.07) is 10.5. The maximum Gasteiger partial charge on any atom is 0.244 e. The Kier molecular flexibility index (Phi) is 9.39. The molecular weight excluding hydrogens is 489 g/mol. The zero-order valence-electron chi connectivity index (χ0n) is 18.8. The maximum atomic E-state index is 13.4. The first-order valence-corrected chi connectivity index (χ1v) is 12.7. The molecule has 0 radical (unpaired) electrons. The number of likely N-dealkylation sites (N-methyl/N-ethyl adjacent to an activating group) is 1. The van der Waals surface area contributed by atoms with E-state index in [2.05, 4.69) is 5.32 Å². The minimum Gasteiger partial charge on any atom is -0.497 e. The number of anilines is 1. The van der Waals surface area contributed by atoms with Crippen LogP contribution in [-0.4, -0.2) is 58.1 Å². The number of nitrogens with one attached hydrogen (secondary N) is 1. The summed E-state index contributed by atoms with van der Waals surface area (Å²) in [5, 5.41) is 3.02. The molecule has 1 N–H and O–H groups in total. The molecule has 0 heterocycles. The van der Waals surface area contributed by atoms with Gasteiger partial charge in [-0.3, -0.25) is 13.9 Å². The van der Waals surface area contributed by atoms with Crippen LogP contribution in [0, 0.1) is 0 Å². The van der Waals surface area contributed by atoms with Crippen molar-refractivity contribution < 1.29 is 22.7 Å². The average molecular weight is 516 g/mol. The van der Waals surface area contributed by atoms with E-state index in [0.717, 1.165) is 16.1 Å². The van der Waals surface area contributed by atoms with Crippen molar-refractivity contribution in [1.82, 2.24) is 10.2 Å². The Balaban J connectivity index is 2.44. The number of amides is 2. The Bertz CT molecular complexity index is 1070. The van der Waals surface area contributed by atoms with Gasteiger partial charge in [-0.25, -0.2) is 8.42 Å². The van der Waals surface area contributed by atoms with E-state index in [-0.39, 0.29) is 28.2 Å². The fourth-order valence-electron chi connectivity index (χ4n) is 3.31. The van der Waals surface area contributed by atoms with Crippen LogP contribution in [0.1, 0.15) is 18.9 Å². The van der Waals surface area contributed by atoms with Crippen LogP contribution < -0.4 is 14.4 Å². The average Bonchev–Trinajstić information content (AvgIpc) is 2.75. The third kappa shape index (κ3) is 7.25. The zero-order valence-corrected chi connectivity index (χ0v) is 21.2. The zero-order chi connectivity index (χ0) is 24.8. The summed E-state index contributed by atoms with van der Waals surface area (Å²) in [6.45, 7) is 1.35. The third-order valence-corrected chi connectivity index (χ3v) is 6.54. The fourth-order valence-corrected chi connectivity index (χ4v) is 4.66. The number of carbonyl (C=O) groups is 2. The maximum absolute atomic E-state index is 13.4. The van der Waals surface area contributed by atoms with Crippen molar-refractivity contribution in [2.45, 2.75) is 25.9 Å². The van der Waals surface area contributed by atoms with E-state index in [1.807, 2.05) is 0 Å². The summed E-state index contributed by atoms with van der Waals surface area (Å²) < 4.78 is 31.2. The third-order valence-electron chi connectivity index (χ3n) is 4.96. The second-order valence-electron chi connectivity index (χ2n) is 7.31. The lowest BCUT2D eigenvalue weighted by Crippen LogP contribution is -2.51. The second kappa shape index (κ2) is 11.6. The lowest BCUT2D eigenvalue weighted by Gasteiger charge is -2.32. The standard InChI is InChI=1S/C22H27Cl2N3O5S/c1-5-20(22(29)25-2)26(13-15-6-8-19(32-3)9-7-15)21(28)14-27(33(4,30)31)18-11-16(23)10-17(24)12-18/h6-12,20H,5,13-14H2,1-4H3,(H,25,29)/t20-/m0/s1. The highest BCUT2D eigenvalue weighted by Crippen LogP contribution is 2.27. The highest BCUT2D eigenvalue weighted by atomic mass is 35.5. The molecule has 0 aromatic heterocycles. The predicted molar refractivity (Wildman–Crippen MR) is 130 cm³/mol. The van der Waals surface area contributed by atoms with Gasteiger partial charge >= 0.3 is 0 Å². The van der Waals surface area contributed by atoms with Gasteiger partial charge in [0.05, 0.1) is 19.1 Å². The number of ether oxygens (including phenoxy) is 1. The van der Waals surface area contributed by atoms with Gasteiger partial charge in [0, 0.05) is 23.6 Å². The highest BCUT2D eigenvalue weighted by Gasteiger charge is 2.31. The molecule has 0 saturated heterocycles.